The zero-order valence-corrected chi connectivity index (χ0v) is 18.8. The molecule has 2 atom stereocenters. The Labute approximate surface area is 200 Å². The maximum absolute atomic E-state index is 14.9. The van der Waals surface area contributed by atoms with Gasteiger partial charge in [0.1, 0.15) is 5.82 Å². The van der Waals surface area contributed by atoms with Crippen LogP contribution in [0, 0.1) is 23.4 Å². The Hall–Kier alpha value is -3.06. The van der Waals surface area contributed by atoms with Gasteiger partial charge in [-0.05, 0) is 60.4 Å². The van der Waals surface area contributed by atoms with Gasteiger partial charge in [0.25, 0.3) is 0 Å². The Morgan fingerprint density at radius 3 is 2.09 bits per heavy atom. The van der Waals surface area contributed by atoms with Gasteiger partial charge < -0.3 is 4.74 Å². The average molecular weight is 490 g/mol. The Morgan fingerprint density at radius 2 is 1.51 bits per heavy atom. The number of ether oxygens (including phenoxy) is 1. The van der Waals surface area contributed by atoms with E-state index in [1.165, 1.54) is 30.3 Å². The van der Waals surface area contributed by atoms with Crippen LogP contribution in [0.5, 0.6) is 0 Å². The fourth-order valence-electron chi connectivity index (χ4n) is 4.44. The first kappa shape index (κ1) is 25.0. The monoisotopic (exact) mass is 490 g/mol. The molecule has 3 aromatic carbocycles. The van der Waals surface area contributed by atoms with Gasteiger partial charge in [0.2, 0.25) is 0 Å². The van der Waals surface area contributed by atoms with Gasteiger partial charge in [-0.15, -0.1) is 6.58 Å². The first-order valence-electron chi connectivity index (χ1n) is 11.4. The Kier molecular flexibility index (Phi) is 7.36. The van der Waals surface area contributed by atoms with E-state index in [-0.39, 0.29) is 17.2 Å². The topological polar surface area (TPSA) is 9.23 Å². The van der Waals surface area contributed by atoms with Gasteiger partial charge in [0.15, 0.2) is 11.6 Å². The summed E-state index contributed by atoms with van der Waals surface area (Å²) in [6.07, 6.45) is 0.523. The molecule has 1 saturated heterocycles. The van der Waals surface area contributed by atoms with E-state index in [2.05, 4.69) is 6.58 Å². The molecule has 0 N–H and O–H groups in total. The minimum absolute atomic E-state index is 0.168. The SMILES string of the molecule is C=CCCC1CCC(c2ccc(-c3ccc(-c4ccc(C(F)(F)F)c(F)c4F)cc3)c(F)c2)OC1. The van der Waals surface area contributed by atoms with Crippen LogP contribution in [0.4, 0.5) is 26.3 Å². The summed E-state index contributed by atoms with van der Waals surface area (Å²) in [6.45, 7) is 4.37. The summed E-state index contributed by atoms with van der Waals surface area (Å²) in [4.78, 5) is 0. The Morgan fingerprint density at radius 1 is 0.857 bits per heavy atom. The molecule has 1 aliphatic heterocycles. The molecule has 1 nitrogen and oxygen atoms in total. The molecule has 0 saturated carbocycles. The third-order valence-electron chi connectivity index (χ3n) is 6.41. The standard InChI is InChI=1S/C28H24F6O/c1-2-3-4-17-5-14-25(35-16-17)20-10-11-21(24(29)15-20)18-6-8-19(9-7-18)22-12-13-23(28(32,33)34)27(31)26(22)30/h2,6-13,15,17,25H,1,3-5,14,16H2. The lowest BCUT2D eigenvalue weighted by molar-refractivity contribution is -0.140. The predicted octanol–water partition coefficient (Wildman–Crippen LogP) is 8.89. The molecule has 1 aliphatic rings. The molecule has 0 bridgehead atoms. The number of alkyl halides is 3. The van der Waals surface area contributed by atoms with Crippen molar-refractivity contribution in [2.24, 2.45) is 5.92 Å². The highest BCUT2D eigenvalue weighted by Crippen LogP contribution is 2.37. The highest BCUT2D eigenvalue weighted by molar-refractivity contribution is 5.71. The molecule has 4 rings (SSSR count). The Balaban J connectivity index is 1.50. The maximum atomic E-state index is 14.9. The molecule has 2 unspecified atom stereocenters. The number of allylic oxidation sites excluding steroid dienone is 1. The lowest BCUT2D eigenvalue weighted by Gasteiger charge is -2.29. The van der Waals surface area contributed by atoms with Crippen LogP contribution in [0.15, 0.2) is 67.3 Å². The molecule has 7 heteroatoms. The van der Waals surface area contributed by atoms with E-state index in [1.807, 2.05) is 12.1 Å². The summed E-state index contributed by atoms with van der Waals surface area (Å²) < 4.78 is 87.6. The Bertz CT molecular complexity index is 1190. The van der Waals surface area contributed by atoms with Crippen molar-refractivity contribution in [1.82, 2.24) is 0 Å². The fraction of sp³-hybridized carbons (Fsp3) is 0.286. The van der Waals surface area contributed by atoms with E-state index in [0.717, 1.165) is 37.3 Å². The maximum Gasteiger partial charge on any atom is 0.419 e. The van der Waals surface area contributed by atoms with Crippen molar-refractivity contribution < 1.29 is 31.1 Å². The molecule has 1 fully saturated rings. The van der Waals surface area contributed by atoms with Gasteiger partial charge in [0.05, 0.1) is 18.3 Å². The molecule has 0 aromatic heterocycles. The summed E-state index contributed by atoms with van der Waals surface area (Å²) in [5.74, 6) is -3.49. The van der Waals surface area contributed by atoms with Crippen LogP contribution >= 0.6 is 0 Å². The van der Waals surface area contributed by atoms with Crippen LogP contribution in [0.1, 0.15) is 42.9 Å². The first-order valence-corrected chi connectivity index (χ1v) is 11.4. The third kappa shape index (κ3) is 5.45. The summed E-state index contributed by atoms with van der Waals surface area (Å²) in [6, 6.07) is 12.2. The van der Waals surface area contributed by atoms with Crippen LogP contribution < -0.4 is 0 Å². The van der Waals surface area contributed by atoms with Gasteiger partial charge in [-0.25, -0.2) is 13.2 Å². The summed E-state index contributed by atoms with van der Waals surface area (Å²) in [7, 11) is 0. The molecule has 0 aliphatic carbocycles. The molecule has 0 radical (unpaired) electrons. The van der Waals surface area contributed by atoms with Crippen molar-refractivity contribution in [2.45, 2.75) is 38.0 Å². The zero-order chi connectivity index (χ0) is 25.2. The van der Waals surface area contributed by atoms with Crippen molar-refractivity contribution in [1.29, 1.82) is 0 Å². The molecular formula is C28H24F6O. The van der Waals surface area contributed by atoms with E-state index in [9.17, 15) is 26.3 Å². The van der Waals surface area contributed by atoms with Gasteiger partial charge in [0, 0.05) is 11.1 Å². The van der Waals surface area contributed by atoms with Crippen LogP contribution in [0.3, 0.4) is 0 Å². The largest absolute Gasteiger partial charge is 0.419 e. The van der Waals surface area contributed by atoms with Crippen LogP contribution in [-0.4, -0.2) is 6.61 Å². The summed E-state index contributed by atoms with van der Waals surface area (Å²) in [5, 5.41) is 0. The van der Waals surface area contributed by atoms with Crippen molar-refractivity contribution in [2.75, 3.05) is 6.61 Å². The number of hydrogen-bond donors (Lipinski definition) is 0. The quantitative estimate of drug-likeness (QED) is 0.248. The molecule has 35 heavy (non-hydrogen) atoms. The number of hydrogen-bond acceptors (Lipinski definition) is 1. The van der Waals surface area contributed by atoms with Gasteiger partial charge in [-0.1, -0.05) is 48.5 Å². The van der Waals surface area contributed by atoms with Crippen molar-refractivity contribution in [3.63, 3.8) is 0 Å². The van der Waals surface area contributed by atoms with Gasteiger partial charge >= 0.3 is 6.18 Å². The van der Waals surface area contributed by atoms with Crippen molar-refractivity contribution in [3.8, 4) is 22.3 Å². The van der Waals surface area contributed by atoms with E-state index >= 15 is 0 Å². The molecule has 0 spiro atoms. The van der Waals surface area contributed by atoms with E-state index < -0.39 is 29.2 Å². The van der Waals surface area contributed by atoms with Crippen molar-refractivity contribution >= 4 is 0 Å². The second-order valence-corrected chi connectivity index (χ2v) is 8.73. The minimum atomic E-state index is -4.99. The van der Waals surface area contributed by atoms with E-state index in [4.69, 9.17) is 4.74 Å². The second kappa shape index (κ2) is 10.3. The van der Waals surface area contributed by atoms with E-state index in [0.29, 0.717) is 29.7 Å². The van der Waals surface area contributed by atoms with Gasteiger partial charge in [-0.3, -0.25) is 0 Å². The molecule has 184 valence electrons. The number of benzene rings is 3. The lowest BCUT2D eigenvalue weighted by Crippen LogP contribution is -2.20. The normalized spacial score (nSPS) is 18.5. The smallest absolute Gasteiger partial charge is 0.373 e. The third-order valence-corrected chi connectivity index (χ3v) is 6.41. The first-order chi connectivity index (χ1) is 16.7. The molecule has 3 aromatic rings. The van der Waals surface area contributed by atoms with Crippen LogP contribution in [0.25, 0.3) is 22.3 Å². The molecular weight excluding hydrogens is 466 g/mol. The lowest BCUT2D eigenvalue weighted by atomic mass is 9.91. The minimum Gasteiger partial charge on any atom is -0.373 e. The second-order valence-electron chi connectivity index (χ2n) is 8.73. The average Bonchev–Trinajstić information content (AvgIpc) is 2.84. The highest BCUT2D eigenvalue weighted by Gasteiger charge is 2.36. The van der Waals surface area contributed by atoms with E-state index in [1.54, 1.807) is 6.07 Å². The summed E-state index contributed by atoms with van der Waals surface area (Å²) in [5.41, 5.74) is -0.214. The van der Waals surface area contributed by atoms with Crippen molar-refractivity contribution in [3.05, 3.63) is 95.8 Å². The highest BCUT2D eigenvalue weighted by atomic mass is 19.4. The summed E-state index contributed by atoms with van der Waals surface area (Å²) >= 11 is 0. The molecule has 0 amide bonds. The van der Waals surface area contributed by atoms with Crippen LogP contribution in [0.2, 0.25) is 0 Å². The predicted molar refractivity (Wildman–Crippen MR) is 123 cm³/mol. The van der Waals surface area contributed by atoms with Crippen LogP contribution in [-0.2, 0) is 10.9 Å². The number of halogens is 6. The number of rotatable bonds is 6. The molecule has 1 heterocycles. The fourth-order valence-corrected chi connectivity index (χ4v) is 4.44. The van der Waals surface area contributed by atoms with Gasteiger partial charge in [-0.2, -0.15) is 13.2 Å². The zero-order valence-electron chi connectivity index (χ0n) is 18.8.